The van der Waals surface area contributed by atoms with E-state index in [1.54, 1.807) is 36.4 Å². The van der Waals surface area contributed by atoms with Crippen molar-refractivity contribution in [3.05, 3.63) is 57.6 Å². The summed E-state index contributed by atoms with van der Waals surface area (Å²) in [6, 6.07) is 10.2. The molecule has 0 saturated carbocycles. The van der Waals surface area contributed by atoms with Crippen molar-refractivity contribution < 1.29 is 10.2 Å². The van der Waals surface area contributed by atoms with Crippen LogP contribution in [0.5, 0.6) is 11.5 Å². The maximum atomic E-state index is 9.31. The zero-order valence-electron chi connectivity index (χ0n) is 10.0. The molecule has 0 bridgehead atoms. The number of rotatable bonds is 4. The fraction of sp³-hybridized carbons (Fsp3) is 0.143. The highest BCUT2D eigenvalue weighted by Crippen LogP contribution is 2.24. The van der Waals surface area contributed by atoms with Gasteiger partial charge in [0.05, 0.1) is 10.0 Å². The summed E-state index contributed by atoms with van der Waals surface area (Å²) in [6.45, 7) is 1.25. The predicted octanol–water partition coefficient (Wildman–Crippen LogP) is 3.69. The summed E-state index contributed by atoms with van der Waals surface area (Å²) < 4.78 is 0. The van der Waals surface area contributed by atoms with E-state index in [9.17, 15) is 10.2 Å². The normalized spacial score (nSPS) is 10.6. The van der Waals surface area contributed by atoms with Crippen LogP contribution in [0.1, 0.15) is 11.1 Å². The molecule has 2 aromatic carbocycles. The van der Waals surface area contributed by atoms with Crippen LogP contribution in [-0.4, -0.2) is 10.2 Å². The first-order valence-corrected chi connectivity index (χ1v) is 6.47. The van der Waals surface area contributed by atoms with Crippen LogP contribution in [-0.2, 0) is 13.1 Å². The molecular weight excluding hydrogens is 285 g/mol. The van der Waals surface area contributed by atoms with Gasteiger partial charge in [-0.15, -0.1) is 0 Å². The molecule has 0 aromatic heterocycles. The van der Waals surface area contributed by atoms with Crippen molar-refractivity contribution in [2.24, 2.45) is 0 Å². The van der Waals surface area contributed by atoms with Crippen LogP contribution in [0, 0.1) is 0 Å². The van der Waals surface area contributed by atoms with Crippen molar-refractivity contribution >= 4 is 23.2 Å². The van der Waals surface area contributed by atoms with Gasteiger partial charge in [-0.2, -0.15) is 0 Å². The fourth-order valence-corrected chi connectivity index (χ4v) is 2.08. The van der Waals surface area contributed by atoms with Gasteiger partial charge in [0.2, 0.25) is 0 Å². The van der Waals surface area contributed by atoms with Gasteiger partial charge in [0.25, 0.3) is 0 Å². The van der Waals surface area contributed by atoms with Gasteiger partial charge in [-0.1, -0.05) is 35.3 Å². The first-order chi connectivity index (χ1) is 9.06. The van der Waals surface area contributed by atoms with Crippen LogP contribution in [0.4, 0.5) is 0 Å². The monoisotopic (exact) mass is 297 g/mol. The Morgan fingerprint density at radius 1 is 0.789 bits per heavy atom. The Labute approximate surface area is 121 Å². The van der Waals surface area contributed by atoms with Crippen LogP contribution in [0.15, 0.2) is 36.4 Å². The molecular formula is C14H13Cl2NO2. The molecule has 19 heavy (non-hydrogen) atoms. The van der Waals surface area contributed by atoms with Gasteiger partial charge in [0.15, 0.2) is 0 Å². The number of aromatic hydroxyl groups is 2. The minimum atomic E-state index is 0.0794. The molecule has 0 amide bonds. The summed E-state index contributed by atoms with van der Waals surface area (Å²) >= 11 is 11.6. The molecule has 0 aliphatic heterocycles. The van der Waals surface area contributed by atoms with Crippen LogP contribution in [0.3, 0.4) is 0 Å². The van der Waals surface area contributed by atoms with E-state index in [0.717, 1.165) is 11.1 Å². The maximum Gasteiger partial charge on any atom is 0.134 e. The third kappa shape index (κ3) is 3.77. The predicted molar refractivity (Wildman–Crippen MR) is 76.8 cm³/mol. The molecule has 2 aromatic rings. The Morgan fingerprint density at radius 3 is 1.58 bits per heavy atom. The first-order valence-electron chi connectivity index (χ1n) is 5.72. The molecule has 0 radical (unpaired) electrons. The van der Waals surface area contributed by atoms with Crippen LogP contribution in [0.25, 0.3) is 0 Å². The number of nitrogens with one attached hydrogen (secondary N) is 1. The third-order valence-electron chi connectivity index (χ3n) is 2.68. The largest absolute Gasteiger partial charge is 0.506 e. The molecule has 100 valence electrons. The molecule has 0 atom stereocenters. The fourth-order valence-electron chi connectivity index (χ4n) is 1.67. The zero-order chi connectivity index (χ0) is 13.8. The number of hydrogen-bond donors (Lipinski definition) is 3. The van der Waals surface area contributed by atoms with Gasteiger partial charge in [-0.3, -0.25) is 0 Å². The molecule has 0 unspecified atom stereocenters. The van der Waals surface area contributed by atoms with Gasteiger partial charge in [-0.05, 0) is 35.4 Å². The number of benzene rings is 2. The van der Waals surface area contributed by atoms with Gasteiger partial charge in [-0.25, -0.2) is 0 Å². The van der Waals surface area contributed by atoms with E-state index in [1.807, 2.05) is 0 Å². The minimum absolute atomic E-state index is 0.0794. The molecule has 5 heteroatoms. The van der Waals surface area contributed by atoms with Crippen LogP contribution < -0.4 is 5.32 Å². The second kappa shape index (κ2) is 6.15. The highest BCUT2D eigenvalue weighted by molar-refractivity contribution is 6.32. The minimum Gasteiger partial charge on any atom is -0.506 e. The van der Waals surface area contributed by atoms with E-state index >= 15 is 0 Å². The second-order valence-electron chi connectivity index (χ2n) is 4.18. The summed E-state index contributed by atoms with van der Waals surface area (Å²) in [6.07, 6.45) is 0. The summed E-state index contributed by atoms with van der Waals surface area (Å²) in [5.74, 6) is 0.159. The van der Waals surface area contributed by atoms with E-state index in [0.29, 0.717) is 23.1 Å². The first kappa shape index (κ1) is 14.0. The van der Waals surface area contributed by atoms with Gasteiger partial charge < -0.3 is 15.5 Å². The average molecular weight is 298 g/mol. The van der Waals surface area contributed by atoms with Crippen LogP contribution in [0.2, 0.25) is 10.0 Å². The van der Waals surface area contributed by atoms with Gasteiger partial charge in [0, 0.05) is 13.1 Å². The highest BCUT2D eigenvalue weighted by Gasteiger charge is 2.02. The van der Waals surface area contributed by atoms with E-state index in [-0.39, 0.29) is 11.5 Å². The number of hydrogen-bond acceptors (Lipinski definition) is 3. The van der Waals surface area contributed by atoms with Crippen LogP contribution >= 0.6 is 23.2 Å². The molecule has 3 nitrogen and oxygen atoms in total. The average Bonchev–Trinajstić information content (AvgIpc) is 2.38. The molecule has 0 saturated heterocycles. The third-order valence-corrected chi connectivity index (χ3v) is 3.29. The maximum absolute atomic E-state index is 9.31. The van der Waals surface area contributed by atoms with E-state index in [4.69, 9.17) is 23.2 Å². The lowest BCUT2D eigenvalue weighted by Crippen LogP contribution is -2.12. The molecule has 0 aliphatic carbocycles. The smallest absolute Gasteiger partial charge is 0.134 e. The summed E-state index contributed by atoms with van der Waals surface area (Å²) in [7, 11) is 0. The topological polar surface area (TPSA) is 52.5 Å². The Morgan fingerprint density at radius 2 is 1.21 bits per heavy atom. The zero-order valence-corrected chi connectivity index (χ0v) is 11.5. The summed E-state index contributed by atoms with van der Waals surface area (Å²) in [5.41, 5.74) is 1.96. The van der Waals surface area contributed by atoms with E-state index in [1.165, 1.54) is 0 Å². The van der Waals surface area contributed by atoms with Crippen molar-refractivity contribution in [2.45, 2.75) is 13.1 Å². The molecule has 0 heterocycles. The Bertz CT molecular complexity index is 536. The Kier molecular flexibility index (Phi) is 4.53. The Balaban J connectivity index is 1.92. The molecule has 2 rings (SSSR count). The quantitative estimate of drug-likeness (QED) is 0.807. The van der Waals surface area contributed by atoms with Gasteiger partial charge >= 0.3 is 0 Å². The number of halogens is 2. The lowest BCUT2D eigenvalue weighted by Gasteiger charge is -2.07. The second-order valence-corrected chi connectivity index (χ2v) is 4.99. The van der Waals surface area contributed by atoms with E-state index < -0.39 is 0 Å². The molecule has 0 aliphatic rings. The standard InChI is InChI=1S/C14H13Cl2NO2/c15-11-5-9(1-3-13(11)18)7-17-8-10-2-4-14(19)12(16)6-10/h1-6,17-19H,7-8H2. The van der Waals surface area contributed by atoms with Crippen molar-refractivity contribution in [3.63, 3.8) is 0 Å². The van der Waals surface area contributed by atoms with E-state index in [2.05, 4.69) is 5.32 Å². The number of phenolic OH excluding ortho intramolecular Hbond substituents is 2. The molecule has 3 N–H and O–H groups in total. The molecule has 0 spiro atoms. The SMILES string of the molecule is Oc1ccc(CNCc2ccc(O)c(Cl)c2)cc1Cl. The van der Waals surface area contributed by atoms with Crippen molar-refractivity contribution in [1.29, 1.82) is 0 Å². The van der Waals surface area contributed by atoms with Crippen molar-refractivity contribution in [1.82, 2.24) is 5.32 Å². The molecule has 0 fully saturated rings. The van der Waals surface area contributed by atoms with Gasteiger partial charge in [0.1, 0.15) is 11.5 Å². The number of phenols is 2. The lowest BCUT2D eigenvalue weighted by molar-refractivity contribution is 0.475. The highest BCUT2D eigenvalue weighted by atomic mass is 35.5. The summed E-state index contributed by atoms with van der Waals surface area (Å²) in [5, 5.41) is 22.5. The Hall–Kier alpha value is -1.42. The van der Waals surface area contributed by atoms with Crippen molar-refractivity contribution in [2.75, 3.05) is 0 Å². The van der Waals surface area contributed by atoms with Crippen molar-refractivity contribution in [3.8, 4) is 11.5 Å². The summed E-state index contributed by atoms with van der Waals surface area (Å²) in [4.78, 5) is 0. The lowest BCUT2D eigenvalue weighted by atomic mass is 10.2.